The second kappa shape index (κ2) is 4.46. The molecule has 19 heavy (non-hydrogen) atoms. The maximum atomic E-state index is 10.5. The Hall–Kier alpha value is -1.12. The maximum Gasteiger partial charge on any atom is 0.0625 e. The Kier molecular flexibility index (Phi) is 2.75. The van der Waals surface area contributed by atoms with E-state index in [0.717, 1.165) is 12.3 Å². The molecule has 1 N–H and O–H groups in total. The molecule has 0 amide bonds. The molecule has 4 unspecified atom stereocenters. The zero-order valence-corrected chi connectivity index (χ0v) is 11.6. The van der Waals surface area contributed by atoms with Crippen molar-refractivity contribution in [3.05, 3.63) is 57.8 Å². The van der Waals surface area contributed by atoms with Gasteiger partial charge in [0.15, 0.2) is 0 Å². The third-order valence-electron chi connectivity index (χ3n) is 4.83. The van der Waals surface area contributed by atoms with E-state index in [4.69, 9.17) is 0 Å². The smallest absolute Gasteiger partial charge is 0.0625 e. The van der Waals surface area contributed by atoms with Gasteiger partial charge in [0.05, 0.1) is 6.10 Å². The van der Waals surface area contributed by atoms with Crippen LogP contribution in [-0.2, 0) is 12.8 Å². The molecule has 98 valence electrons. The van der Waals surface area contributed by atoms with Crippen LogP contribution in [-0.4, -0.2) is 11.2 Å². The number of aliphatic hydroxyl groups excluding tert-OH is 1. The first-order valence-electron chi connectivity index (χ1n) is 7.13. The van der Waals surface area contributed by atoms with E-state index in [1.165, 1.54) is 28.8 Å². The highest BCUT2D eigenvalue weighted by atomic mass is 32.1. The average molecular weight is 270 g/mol. The van der Waals surface area contributed by atoms with Crippen molar-refractivity contribution in [2.45, 2.75) is 31.3 Å². The summed E-state index contributed by atoms with van der Waals surface area (Å²) in [7, 11) is 0. The van der Waals surface area contributed by atoms with Crippen LogP contribution in [0.2, 0.25) is 0 Å². The summed E-state index contributed by atoms with van der Waals surface area (Å²) < 4.78 is 0. The molecule has 1 nitrogen and oxygen atoms in total. The largest absolute Gasteiger partial charge is 0.392 e. The highest BCUT2D eigenvalue weighted by Crippen LogP contribution is 2.61. The first-order valence-corrected chi connectivity index (χ1v) is 8.01. The van der Waals surface area contributed by atoms with E-state index in [2.05, 4.69) is 41.8 Å². The average Bonchev–Trinajstić information content (AvgIpc) is 2.98. The van der Waals surface area contributed by atoms with Gasteiger partial charge in [-0.1, -0.05) is 30.3 Å². The van der Waals surface area contributed by atoms with Crippen LogP contribution in [0.1, 0.15) is 28.3 Å². The normalized spacial score (nSPS) is 29.4. The predicted molar refractivity (Wildman–Crippen MR) is 78.5 cm³/mol. The van der Waals surface area contributed by atoms with E-state index in [0.29, 0.717) is 11.8 Å². The van der Waals surface area contributed by atoms with Gasteiger partial charge in [0.25, 0.3) is 0 Å². The number of rotatable bonds is 3. The van der Waals surface area contributed by atoms with Gasteiger partial charge >= 0.3 is 0 Å². The fraction of sp³-hybridized carbons (Fsp3) is 0.412. The van der Waals surface area contributed by atoms with Crippen molar-refractivity contribution in [2.75, 3.05) is 0 Å². The van der Waals surface area contributed by atoms with Crippen LogP contribution in [0.15, 0.2) is 41.8 Å². The van der Waals surface area contributed by atoms with Crippen molar-refractivity contribution in [3.8, 4) is 0 Å². The fourth-order valence-electron chi connectivity index (χ4n) is 3.92. The van der Waals surface area contributed by atoms with E-state index in [9.17, 15) is 5.11 Å². The van der Waals surface area contributed by atoms with E-state index < -0.39 is 0 Å². The van der Waals surface area contributed by atoms with Gasteiger partial charge in [0, 0.05) is 11.3 Å². The lowest BCUT2D eigenvalue weighted by Gasteiger charge is -2.13. The number of benzene rings is 1. The van der Waals surface area contributed by atoms with E-state index >= 15 is 0 Å². The number of fused-ring (bicyclic) bond motifs is 3. The molecular formula is C17H18OS. The first kappa shape index (κ1) is 11.7. The fourth-order valence-corrected chi connectivity index (χ4v) is 4.67. The number of aliphatic hydroxyl groups is 1. The minimum Gasteiger partial charge on any atom is -0.392 e. The quantitative estimate of drug-likeness (QED) is 0.903. The Labute approximate surface area is 117 Å². The van der Waals surface area contributed by atoms with Crippen molar-refractivity contribution < 1.29 is 5.11 Å². The van der Waals surface area contributed by atoms with Gasteiger partial charge in [-0.05, 0) is 53.2 Å². The molecule has 2 aromatic rings. The van der Waals surface area contributed by atoms with Crippen LogP contribution < -0.4 is 0 Å². The summed E-state index contributed by atoms with van der Waals surface area (Å²) in [5, 5.41) is 12.6. The standard InChI is InChI=1S/C17H18OS/c18-15(10-12-5-3-9-19-12)17-14-8-7-11-4-1-2-6-13(11)16(14)17/h1-6,9,14-18H,7-8,10H2. The van der Waals surface area contributed by atoms with E-state index in [1.54, 1.807) is 11.3 Å². The molecule has 2 aliphatic carbocycles. The van der Waals surface area contributed by atoms with Crippen LogP contribution in [0.3, 0.4) is 0 Å². The van der Waals surface area contributed by atoms with Gasteiger partial charge in [-0.3, -0.25) is 0 Å². The van der Waals surface area contributed by atoms with Crippen molar-refractivity contribution in [2.24, 2.45) is 11.8 Å². The van der Waals surface area contributed by atoms with Crippen molar-refractivity contribution in [1.29, 1.82) is 0 Å². The molecule has 4 rings (SSSR count). The summed E-state index contributed by atoms with van der Waals surface area (Å²) >= 11 is 1.76. The highest BCUT2D eigenvalue weighted by Gasteiger charge is 2.55. The van der Waals surface area contributed by atoms with Crippen LogP contribution in [0.4, 0.5) is 0 Å². The third-order valence-corrected chi connectivity index (χ3v) is 5.72. The van der Waals surface area contributed by atoms with Gasteiger partial charge < -0.3 is 5.11 Å². The summed E-state index contributed by atoms with van der Waals surface area (Å²) in [6.45, 7) is 0. The Morgan fingerprint density at radius 2 is 2.11 bits per heavy atom. The highest BCUT2D eigenvalue weighted by molar-refractivity contribution is 7.09. The zero-order chi connectivity index (χ0) is 12.8. The van der Waals surface area contributed by atoms with Gasteiger partial charge in [-0.25, -0.2) is 0 Å². The molecule has 0 spiro atoms. The molecule has 4 atom stereocenters. The van der Waals surface area contributed by atoms with Crippen molar-refractivity contribution in [3.63, 3.8) is 0 Å². The SMILES string of the molecule is OC(Cc1cccs1)C1C2CCc3ccccc3C21. The molecule has 0 aliphatic heterocycles. The predicted octanol–water partition coefficient (Wildman–Crippen LogP) is 3.63. The lowest BCUT2D eigenvalue weighted by molar-refractivity contribution is 0.144. The van der Waals surface area contributed by atoms with E-state index in [-0.39, 0.29) is 6.10 Å². The lowest BCUT2D eigenvalue weighted by atomic mass is 9.92. The lowest BCUT2D eigenvalue weighted by Crippen LogP contribution is -2.14. The second-order valence-electron chi connectivity index (χ2n) is 5.86. The molecule has 0 bridgehead atoms. The Bertz CT molecular complexity index is 575. The van der Waals surface area contributed by atoms with Gasteiger partial charge in [0.2, 0.25) is 0 Å². The third kappa shape index (κ3) is 1.94. The number of aryl methyl sites for hydroxylation is 1. The van der Waals surface area contributed by atoms with Crippen molar-refractivity contribution in [1.82, 2.24) is 0 Å². The minimum atomic E-state index is -0.167. The molecule has 0 radical (unpaired) electrons. The van der Waals surface area contributed by atoms with Crippen LogP contribution in [0.5, 0.6) is 0 Å². The molecule has 0 saturated heterocycles. The summed E-state index contributed by atoms with van der Waals surface area (Å²) in [4.78, 5) is 1.31. The Balaban J connectivity index is 1.54. The first-order chi connectivity index (χ1) is 9.34. The minimum absolute atomic E-state index is 0.167. The van der Waals surface area contributed by atoms with Crippen molar-refractivity contribution >= 4 is 11.3 Å². The van der Waals surface area contributed by atoms with Crippen LogP contribution in [0, 0.1) is 11.8 Å². The van der Waals surface area contributed by atoms with Gasteiger partial charge in [-0.2, -0.15) is 0 Å². The molecule has 1 saturated carbocycles. The van der Waals surface area contributed by atoms with Crippen LogP contribution in [0.25, 0.3) is 0 Å². The molecule has 2 heteroatoms. The molecule has 1 aromatic carbocycles. The summed E-state index contributed by atoms with van der Waals surface area (Å²) in [5.41, 5.74) is 3.02. The Morgan fingerprint density at radius 3 is 2.95 bits per heavy atom. The topological polar surface area (TPSA) is 20.2 Å². The second-order valence-corrected chi connectivity index (χ2v) is 6.89. The Morgan fingerprint density at radius 1 is 1.21 bits per heavy atom. The number of hydrogen-bond donors (Lipinski definition) is 1. The van der Waals surface area contributed by atoms with Gasteiger partial charge in [-0.15, -0.1) is 11.3 Å². The molecule has 1 heterocycles. The summed E-state index contributed by atoms with van der Waals surface area (Å²) in [5.74, 6) is 1.84. The van der Waals surface area contributed by atoms with Crippen LogP contribution >= 0.6 is 11.3 Å². The zero-order valence-electron chi connectivity index (χ0n) is 10.8. The molecule has 2 aliphatic rings. The molecule has 1 aromatic heterocycles. The molecule has 1 fully saturated rings. The summed E-state index contributed by atoms with van der Waals surface area (Å²) in [6, 6.07) is 13.0. The van der Waals surface area contributed by atoms with Gasteiger partial charge in [0.1, 0.15) is 0 Å². The monoisotopic (exact) mass is 270 g/mol. The summed E-state index contributed by atoms with van der Waals surface area (Å²) in [6.07, 6.45) is 3.12. The number of thiophene rings is 1. The van der Waals surface area contributed by atoms with E-state index in [1.807, 2.05) is 0 Å². The number of hydrogen-bond acceptors (Lipinski definition) is 2. The molecular weight excluding hydrogens is 252 g/mol. The maximum absolute atomic E-state index is 10.5.